The minimum Gasteiger partial charge on any atom is -0.443 e. The predicted molar refractivity (Wildman–Crippen MR) is 131 cm³/mol. The van der Waals surface area contributed by atoms with Gasteiger partial charge in [0.25, 0.3) is 0 Å². The van der Waals surface area contributed by atoms with Crippen LogP contribution in [-0.4, -0.2) is 50.8 Å². The summed E-state index contributed by atoms with van der Waals surface area (Å²) >= 11 is 0. The monoisotopic (exact) mass is 515 g/mol. The smallest absolute Gasteiger partial charge is 0.443 e. The maximum atomic E-state index is 13.7. The van der Waals surface area contributed by atoms with Crippen LogP contribution < -0.4 is 14.9 Å². The van der Waals surface area contributed by atoms with Crippen LogP contribution in [0.4, 0.5) is 13.6 Å². The molecular formula is C25H28BF2N3O6. The van der Waals surface area contributed by atoms with Gasteiger partial charge in [-0.1, -0.05) is 0 Å². The van der Waals surface area contributed by atoms with E-state index >= 15 is 0 Å². The van der Waals surface area contributed by atoms with Gasteiger partial charge in [0.1, 0.15) is 11.4 Å². The molecule has 0 atom stereocenters. The highest BCUT2D eigenvalue weighted by Gasteiger charge is 2.53. The molecule has 0 aliphatic carbocycles. The second kappa shape index (κ2) is 7.88. The fourth-order valence-corrected chi connectivity index (χ4v) is 4.17. The number of aromatic nitrogens is 3. The van der Waals surface area contributed by atoms with Crippen molar-refractivity contribution in [2.75, 3.05) is 0 Å². The minimum absolute atomic E-state index is 0.0896. The first-order valence-electron chi connectivity index (χ1n) is 11.9. The van der Waals surface area contributed by atoms with Gasteiger partial charge in [-0.25, -0.2) is 19.3 Å². The van der Waals surface area contributed by atoms with E-state index in [1.807, 2.05) is 27.7 Å². The maximum Gasteiger partial charge on any atom is 0.586 e. The fraction of sp³-hybridized carbons (Fsp3) is 0.480. The number of nitrogens with zero attached hydrogens (tertiary/aromatic N) is 3. The van der Waals surface area contributed by atoms with E-state index in [1.54, 1.807) is 40.0 Å². The predicted octanol–water partition coefficient (Wildman–Crippen LogP) is 4.81. The average molecular weight is 515 g/mol. The van der Waals surface area contributed by atoms with Crippen LogP contribution in [0.2, 0.25) is 0 Å². The van der Waals surface area contributed by atoms with Gasteiger partial charge in [0.05, 0.1) is 16.9 Å². The third kappa shape index (κ3) is 4.42. The van der Waals surface area contributed by atoms with Gasteiger partial charge in [0.15, 0.2) is 17.1 Å². The summed E-state index contributed by atoms with van der Waals surface area (Å²) in [6, 6.07) is 4.38. The van der Waals surface area contributed by atoms with E-state index in [4.69, 9.17) is 14.0 Å². The summed E-state index contributed by atoms with van der Waals surface area (Å²) in [5.41, 5.74) is -0.471. The molecule has 5 rings (SSSR count). The molecule has 196 valence electrons. The highest BCUT2D eigenvalue weighted by Crippen LogP contribution is 2.44. The van der Waals surface area contributed by atoms with Crippen molar-refractivity contribution in [3.63, 3.8) is 0 Å². The van der Waals surface area contributed by atoms with Crippen LogP contribution in [0.1, 0.15) is 54.3 Å². The molecule has 3 aromatic rings. The van der Waals surface area contributed by atoms with E-state index in [0.29, 0.717) is 27.9 Å². The molecule has 0 saturated carbocycles. The molecule has 1 aromatic carbocycles. The van der Waals surface area contributed by atoms with Gasteiger partial charge >= 0.3 is 19.5 Å². The molecule has 2 aliphatic rings. The Morgan fingerprint density at radius 1 is 1.03 bits per heavy atom. The van der Waals surface area contributed by atoms with Crippen LogP contribution in [0, 0.1) is 6.92 Å². The molecule has 0 amide bonds. The number of benzene rings is 1. The van der Waals surface area contributed by atoms with Crippen LogP contribution in [0.5, 0.6) is 11.5 Å². The van der Waals surface area contributed by atoms with Crippen molar-refractivity contribution in [2.24, 2.45) is 0 Å². The molecule has 12 heteroatoms. The van der Waals surface area contributed by atoms with Crippen LogP contribution in [0.25, 0.3) is 22.3 Å². The van der Waals surface area contributed by atoms with Crippen molar-refractivity contribution in [1.82, 2.24) is 14.5 Å². The van der Waals surface area contributed by atoms with E-state index in [2.05, 4.69) is 19.4 Å². The second-order valence-corrected chi connectivity index (χ2v) is 11.2. The molecule has 37 heavy (non-hydrogen) atoms. The number of alkyl halides is 2. The first-order valence-corrected chi connectivity index (χ1v) is 11.9. The number of rotatable bonds is 2. The lowest BCUT2D eigenvalue weighted by Gasteiger charge is -2.32. The number of ether oxygens (including phenoxy) is 3. The summed E-state index contributed by atoms with van der Waals surface area (Å²) in [5.74, 6) is 0.137. The summed E-state index contributed by atoms with van der Waals surface area (Å²) in [4.78, 5) is 22.4. The van der Waals surface area contributed by atoms with Crippen LogP contribution in [0.3, 0.4) is 0 Å². The number of hydrogen-bond acceptors (Lipinski definition) is 8. The molecule has 0 N–H and O–H groups in total. The highest BCUT2D eigenvalue weighted by molar-refractivity contribution is 6.65. The largest absolute Gasteiger partial charge is 0.586 e. The van der Waals surface area contributed by atoms with E-state index in [-0.39, 0.29) is 17.1 Å². The summed E-state index contributed by atoms with van der Waals surface area (Å²) in [6.07, 6.45) is -2.83. The molecule has 9 nitrogen and oxygen atoms in total. The maximum absolute atomic E-state index is 13.7. The lowest BCUT2D eigenvalue weighted by molar-refractivity contribution is -0.286. The summed E-state index contributed by atoms with van der Waals surface area (Å²) in [5, 5.41) is 0.459. The van der Waals surface area contributed by atoms with E-state index in [0.717, 1.165) is 0 Å². The zero-order valence-electron chi connectivity index (χ0n) is 21.9. The molecule has 2 aliphatic heterocycles. The van der Waals surface area contributed by atoms with Crippen molar-refractivity contribution in [3.8, 4) is 22.8 Å². The summed E-state index contributed by atoms with van der Waals surface area (Å²) in [7, 11) is -0.861. The van der Waals surface area contributed by atoms with Crippen molar-refractivity contribution in [3.05, 3.63) is 30.2 Å². The van der Waals surface area contributed by atoms with Crippen molar-refractivity contribution < 1.29 is 37.1 Å². The topological polar surface area (TPSA) is 93.9 Å². The van der Waals surface area contributed by atoms with Gasteiger partial charge in [0, 0.05) is 22.6 Å². The lowest BCUT2D eigenvalue weighted by Crippen LogP contribution is -2.41. The zero-order valence-corrected chi connectivity index (χ0v) is 21.9. The zero-order chi connectivity index (χ0) is 27.1. The van der Waals surface area contributed by atoms with Crippen LogP contribution in [-0.2, 0) is 14.0 Å². The number of carbonyl (C=O) groups is 1. The minimum atomic E-state index is -3.76. The lowest BCUT2D eigenvalue weighted by atomic mass is 9.78. The highest BCUT2D eigenvalue weighted by atomic mass is 19.3. The number of carbonyl (C=O) groups excluding carboxylic acids is 1. The Labute approximate surface area is 213 Å². The van der Waals surface area contributed by atoms with Gasteiger partial charge in [-0.3, -0.25) is 0 Å². The Morgan fingerprint density at radius 3 is 2.27 bits per heavy atom. The third-order valence-electron chi connectivity index (χ3n) is 6.56. The van der Waals surface area contributed by atoms with Crippen molar-refractivity contribution in [1.29, 1.82) is 0 Å². The molecule has 0 bridgehead atoms. The Balaban J connectivity index is 1.73. The quantitative estimate of drug-likeness (QED) is 0.449. The second-order valence-electron chi connectivity index (χ2n) is 11.2. The molecule has 0 radical (unpaired) electrons. The molecule has 0 spiro atoms. The van der Waals surface area contributed by atoms with Crippen LogP contribution in [0.15, 0.2) is 24.4 Å². The fourth-order valence-electron chi connectivity index (χ4n) is 4.17. The number of hydrogen-bond donors (Lipinski definition) is 0. The molecule has 2 aromatic heterocycles. The average Bonchev–Trinajstić information content (AvgIpc) is 3.32. The van der Waals surface area contributed by atoms with Gasteiger partial charge in [0.2, 0.25) is 0 Å². The van der Waals surface area contributed by atoms with Crippen LogP contribution >= 0.6 is 0 Å². The normalized spacial score (nSPS) is 19.5. The summed E-state index contributed by atoms with van der Waals surface area (Å²) < 4.78 is 56.0. The van der Waals surface area contributed by atoms with E-state index in [1.165, 1.54) is 16.7 Å². The Hall–Kier alpha value is -3.25. The third-order valence-corrected chi connectivity index (χ3v) is 6.56. The number of aryl methyl sites for hydroxylation is 1. The van der Waals surface area contributed by atoms with Gasteiger partial charge in [-0.15, -0.1) is 8.78 Å². The Kier molecular flexibility index (Phi) is 5.41. The van der Waals surface area contributed by atoms with Crippen molar-refractivity contribution in [2.45, 2.75) is 78.5 Å². The molecular weight excluding hydrogens is 487 g/mol. The molecule has 0 unspecified atom stereocenters. The number of halogens is 2. The summed E-state index contributed by atoms with van der Waals surface area (Å²) in [6.45, 7) is 14.6. The molecule has 1 fully saturated rings. The molecule has 1 saturated heterocycles. The first-order chi connectivity index (χ1) is 17.0. The Bertz CT molecular complexity index is 1410. The first kappa shape index (κ1) is 25.4. The Morgan fingerprint density at radius 2 is 1.65 bits per heavy atom. The van der Waals surface area contributed by atoms with E-state index < -0.39 is 36.3 Å². The van der Waals surface area contributed by atoms with Gasteiger partial charge < -0.3 is 23.5 Å². The SMILES string of the molecule is Cc1nc(-c2ccc3c(c2)OC(F)(F)O3)c2c(B3OC(C)(C)C(C)(C)O3)cn(C(=O)OC(C)(C)C)c2n1. The van der Waals surface area contributed by atoms with E-state index in [9.17, 15) is 13.6 Å². The number of fused-ring (bicyclic) bond motifs is 2. The van der Waals surface area contributed by atoms with Gasteiger partial charge in [-0.05, 0) is 73.6 Å². The van der Waals surface area contributed by atoms with Crippen molar-refractivity contribution >= 4 is 29.7 Å². The standard InChI is InChI=1S/C25H28BF2N3O6/c1-13-29-19(14-9-10-16-17(11-14)34-25(27,28)33-16)18-15(26-36-23(5,6)24(7,8)37-26)12-31(20(18)30-13)21(32)35-22(2,3)4/h9-12H,1-8H3. The molecule has 4 heterocycles. The van der Waals surface area contributed by atoms with Gasteiger partial charge in [-0.2, -0.15) is 0 Å².